The number of likely N-dealkylation sites (tertiary alicyclic amines) is 1. The molecule has 0 aliphatic carbocycles. The van der Waals surface area contributed by atoms with Gasteiger partial charge in [0.15, 0.2) is 0 Å². The Labute approximate surface area is 113 Å². The molecule has 19 heavy (non-hydrogen) atoms. The Morgan fingerprint density at radius 3 is 2.79 bits per heavy atom. The third-order valence-corrected chi connectivity index (χ3v) is 3.76. The lowest BCUT2D eigenvalue weighted by Crippen LogP contribution is -2.33. The number of hydrogen-bond acceptors (Lipinski definition) is 4. The monoisotopic (exact) mass is 266 g/mol. The Kier molecular flexibility index (Phi) is 4.99. The maximum absolute atomic E-state index is 10.7. The quantitative estimate of drug-likeness (QED) is 0.822. The summed E-state index contributed by atoms with van der Waals surface area (Å²) in [5.74, 6) is 0.580. The van der Waals surface area contributed by atoms with E-state index in [9.17, 15) is 4.79 Å². The highest BCUT2D eigenvalue weighted by molar-refractivity contribution is 5.84. The maximum Gasteiger partial charge on any atom is 0.371 e. The average molecular weight is 266 g/mol. The lowest BCUT2D eigenvalue weighted by Gasteiger charge is -2.31. The molecule has 1 aliphatic rings. The molecule has 1 fully saturated rings. The number of piperidine rings is 1. The Bertz CT molecular complexity index is 409. The molecule has 0 atom stereocenters. The first kappa shape index (κ1) is 14.1. The van der Waals surface area contributed by atoms with E-state index in [0.29, 0.717) is 6.54 Å². The third-order valence-electron chi connectivity index (χ3n) is 3.76. The van der Waals surface area contributed by atoms with Crippen LogP contribution in [0.5, 0.6) is 0 Å². The van der Waals surface area contributed by atoms with Gasteiger partial charge in [-0.25, -0.2) is 4.79 Å². The second kappa shape index (κ2) is 6.73. The van der Waals surface area contributed by atoms with Crippen LogP contribution in [-0.2, 0) is 6.54 Å². The molecular weight excluding hydrogens is 244 g/mol. The van der Waals surface area contributed by atoms with E-state index in [1.165, 1.54) is 25.3 Å². The number of aromatic carboxylic acids is 1. The van der Waals surface area contributed by atoms with Gasteiger partial charge in [0.2, 0.25) is 5.76 Å². The fraction of sp³-hybridized carbons (Fsp3) is 0.643. The molecule has 0 aromatic carbocycles. The highest BCUT2D eigenvalue weighted by atomic mass is 16.4. The summed E-state index contributed by atoms with van der Waals surface area (Å²) >= 11 is 0. The second-order valence-electron chi connectivity index (χ2n) is 5.18. The van der Waals surface area contributed by atoms with Crippen molar-refractivity contribution in [3.8, 4) is 0 Å². The van der Waals surface area contributed by atoms with E-state index < -0.39 is 5.97 Å². The molecule has 1 aromatic rings. The number of furan rings is 1. The fourth-order valence-corrected chi connectivity index (χ4v) is 2.58. The molecular formula is C14H22N2O3. The van der Waals surface area contributed by atoms with Gasteiger partial charge in [-0.1, -0.05) is 0 Å². The fourth-order valence-electron chi connectivity index (χ4n) is 2.58. The number of nitrogens with zero attached hydrogens (tertiary/aromatic N) is 1. The molecule has 5 heteroatoms. The van der Waals surface area contributed by atoms with Crippen LogP contribution in [-0.4, -0.2) is 42.7 Å². The zero-order valence-corrected chi connectivity index (χ0v) is 11.4. The zero-order valence-electron chi connectivity index (χ0n) is 11.4. The van der Waals surface area contributed by atoms with Crippen LogP contribution < -0.4 is 5.32 Å². The summed E-state index contributed by atoms with van der Waals surface area (Å²) < 4.78 is 5.29. The molecule has 0 unspecified atom stereocenters. The summed E-state index contributed by atoms with van der Waals surface area (Å²) in [7, 11) is 1.99. The normalized spacial score (nSPS) is 17.7. The number of nitrogens with one attached hydrogen (secondary N) is 1. The molecule has 0 radical (unpaired) electrons. The largest absolute Gasteiger partial charge is 0.475 e. The molecule has 2 rings (SSSR count). The Morgan fingerprint density at radius 1 is 1.47 bits per heavy atom. The van der Waals surface area contributed by atoms with Gasteiger partial charge in [-0.3, -0.25) is 4.90 Å². The van der Waals surface area contributed by atoms with Crippen molar-refractivity contribution in [2.24, 2.45) is 5.92 Å². The molecule has 5 nitrogen and oxygen atoms in total. The van der Waals surface area contributed by atoms with Crippen molar-refractivity contribution in [1.82, 2.24) is 10.2 Å². The van der Waals surface area contributed by atoms with E-state index in [-0.39, 0.29) is 5.76 Å². The summed E-state index contributed by atoms with van der Waals surface area (Å²) in [6, 6.07) is 3.29. The van der Waals surface area contributed by atoms with Crippen LogP contribution >= 0.6 is 0 Å². The first-order valence-electron chi connectivity index (χ1n) is 6.88. The lowest BCUT2D eigenvalue weighted by atomic mass is 9.93. The molecule has 1 saturated heterocycles. The molecule has 0 bridgehead atoms. The Morgan fingerprint density at radius 2 is 2.21 bits per heavy atom. The molecule has 1 aliphatic heterocycles. The topological polar surface area (TPSA) is 65.7 Å². The smallest absolute Gasteiger partial charge is 0.371 e. The number of hydrogen-bond donors (Lipinski definition) is 2. The molecule has 2 N–H and O–H groups in total. The molecule has 2 heterocycles. The first-order chi connectivity index (χ1) is 9.19. The minimum absolute atomic E-state index is 0.0268. The van der Waals surface area contributed by atoms with Crippen molar-refractivity contribution in [1.29, 1.82) is 0 Å². The maximum atomic E-state index is 10.7. The standard InChI is InChI=1S/C14H22N2O3/c1-15-7-4-11-5-8-16(9-6-11)10-12-2-3-13(19-12)14(17)18/h2-3,11,15H,4-10H2,1H3,(H,17,18). The van der Waals surface area contributed by atoms with Gasteiger partial charge in [0, 0.05) is 0 Å². The van der Waals surface area contributed by atoms with Crippen LogP contribution in [0.1, 0.15) is 35.6 Å². The van der Waals surface area contributed by atoms with E-state index in [1.54, 1.807) is 6.07 Å². The third kappa shape index (κ3) is 4.08. The van der Waals surface area contributed by atoms with Crippen molar-refractivity contribution in [2.45, 2.75) is 25.8 Å². The molecule has 0 spiro atoms. The lowest BCUT2D eigenvalue weighted by molar-refractivity contribution is 0.0657. The average Bonchev–Trinajstić information content (AvgIpc) is 2.87. The van der Waals surface area contributed by atoms with Crippen LogP contribution in [0, 0.1) is 5.92 Å². The Hall–Kier alpha value is -1.33. The minimum atomic E-state index is -1.00. The summed E-state index contributed by atoms with van der Waals surface area (Å²) in [4.78, 5) is 13.1. The van der Waals surface area contributed by atoms with Gasteiger partial charge in [0.1, 0.15) is 5.76 Å². The number of rotatable bonds is 6. The van der Waals surface area contributed by atoms with Crippen molar-refractivity contribution in [3.05, 3.63) is 23.7 Å². The van der Waals surface area contributed by atoms with E-state index >= 15 is 0 Å². The number of carboxylic acids is 1. The summed E-state index contributed by atoms with van der Waals surface area (Å²) in [5.41, 5.74) is 0. The molecule has 0 amide bonds. The van der Waals surface area contributed by atoms with Crippen LogP contribution in [0.25, 0.3) is 0 Å². The van der Waals surface area contributed by atoms with Crippen LogP contribution in [0.3, 0.4) is 0 Å². The van der Waals surface area contributed by atoms with E-state index in [2.05, 4.69) is 10.2 Å². The predicted octanol–water partition coefficient (Wildman–Crippen LogP) is 1.80. The van der Waals surface area contributed by atoms with E-state index in [4.69, 9.17) is 9.52 Å². The first-order valence-corrected chi connectivity index (χ1v) is 6.88. The van der Waals surface area contributed by atoms with Crippen LogP contribution in [0.2, 0.25) is 0 Å². The van der Waals surface area contributed by atoms with Crippen molar-refractivity contribution >= 4 is 5.97 Å². The van der Waals surface area contributed by atoms with E-state index in [0.717, 1.165) is 31.3 Å². The summed E-state index contributed by atoms with van der Waals surface area (Å²) in [6.07, 6.45) is 3.68. The van der Waals surface area contributed by atoms with Gasteiger partial charge >= 0.3 is 5.97 Å². The van der Waals surface area contributed by atoms with Crippen molar-refractivity contribution < 1.29 is 14.3 Å². The van der Waals surface area contributed by atoms with Crippen molar-refractivity contribution in [2.75, 3.05) is 26.7 Å². The van der Waals surface area contributed by atoms with Crippen molar-refractivity contribution in [3.63, 3.8) is 0 Å². The molecule has 1 aromatic heterocycles. The Balaban J connectivity index is 1.77. The number of carbonyl (C=O) groups is 1. The van der Waals surface area contributed by atoms with Gasteiger partial charge in [0.25, 0.3) is 0 Å². The summed E-state index contributed by atoms with van der Waals surface area (Å²) in [6.45, 7) is 3.94. The van der Waals surface area contributed by atoms with Gasteiger partial charge in [0.05, 0.1) is 6.54 Å². The van der Waals surface area contributed by atoms with Gasteiger partial charge in [-0.05, 0) is 64.0 Å². The molecule has 0 saturated carbocycles. The van der Waals surface area contributed by atoms with Gasteiger partial charge in [-0.2, -0.15) is 0 Å². The highest BCUT2D eigenvalue weighted by Crippen LogP contribution is 2.22. The van der Waals surface area contributed by atoms with Gasteiger partial charge in [-0.15, -0.1) is 0 Å². The SMILES string of the molecule is CNCCC1CCN(Cc2ccc(C(=O)O)o2)CC1. The predicted molar refractivity (Wildman–Crippen MR) is 72.2 cm³/mol. The summed E-state index contributed by atoms with van der Waals surface area (Å²) in [5, 5.41) is 12.0. The minimum Gasteiger partial charge on any atom is -0.475 e. The molecule has 106 valence electrons. The second-order valence-corrected chi connectivity index (χ2v) is 5.18. The zero-order chi connectivity index (χ0) is 13.7. The van der Waals surface area contributed by atoms with Crippen LogP contribution in [0.4, 0.5) is 0 Å². The van der Waals surface area contributed by atoms with Gasteiger partial charge < -0.3 is 14.8 Å². The number of carboxylic acid groups (broad SMARTS) is 1. The van der Waals surface area contributed by atoms with Crippen LogP contribution in [0.15, 0.2) is 16.5 Å². The van der Waals surface area contributed by atoms with E-state index in [1.807, 2.05) is 7.05 Å². The highest BCUT2D eigenvalue weighted by Gasteiger charge is 2.20.